The van der Waals surface area contributed by atoms with E-state index in [9.17, 15) is 0 Å². The van der Waals surface area contributed by atoms with Crippen LogP contribution < -0.4 is 9.47 Å². The van der Waals surface area contributed by atoms with Gasteiger partial charge in [0.25, 0.3) is 0 Å². The third kappa shape index (κ3) is 3.40. The van der Waals surface area contributed by atoms with Crippen LogP contribution in [0.1, 0.15) is 12.5 Å². The molecule has 0 aliphatic carbocycles. The summed E-state index contributed by atoms with van der Waals surface area (Å²) in [7, 11) is 0. The van der Waals surface area contributed by atoms with Crippen molar-refractivity contribution in [2.24, 2.45) is 0 Å². The van der Waals surface area contributed by atoms with Gasteiger partial charge in [0.2, 0.25) is 0 Å². The van der Waals surface area contributed by atoms with Crippen molar-refractivity contribution in [1.82, 2.24) is 0 Å². The smallest absolute Gasteiger partial charge is 0.169 e. The second-order valence-corrected chi connectivity index (χ2v) is 4.31. The van der Waals surface area contributed by atoms with E-state index in [0.29, 0.717) is 28.9 Å². The molecule has 0 amide bonds. The second-order valence-electron chi connectivity index (χ2n) is 3.90. The first-order valence-corrected chi connectivity index (χ1v) is 6.41. The van der Waals surface area contributed by atoms with E-state index in [4.69, 9.17) is 26.2 Å². The van der Waals surface area contributed by atoms with Crippen LogP contribution in [-0.2, 0) is 6.61 Å². The monoisotopic (exact) mass is 278 g/mol. The first-order valence-electron chi connectivity index (χ1n) is 6.03. The van der Waals surface area contributed by atoms with Crippen LogP contribution in [0.2, 0.25) is 5.02 Å². The first-order chi connectivity index (χ1) is 9.24. The fourth-order valence-corrected chi connectivity index (χ4v) is 1.89. The molecule has 0 bridgehead atoms. The molecule has 2 aromatic rings. The van der Waals surface area contributed by atoms with Gasteiger partial charge >= 0.3 is 0 Å². The Hall–Kier alpha value is -1.71. The minimum atomic E-state index is -0.0461. The Bertz CT molecular complexity index is 555. The third-order valence-electron chi connectivity index (χ3n) is 2.55. The molecule has 0 saturated carbocycles. The number of hydrogen-bond donors (Lipinski definition) is 1. The molecule has 0 aromatic heterocycles. The maximum absolute atomic E-state index is 9.04. The number of benzene rings is 2. The highest BCUT2D eigenvalue weighted by molar-refractivity contribution is 6.32. The number of ether oxygens (including phenoxy) is 2. The van der Waals surface area contributed by atoms with Crippen molar-refractivity contribution in [2.45, 2.75) is 13.5 Å². The second kappa shape index (κ2) is 6.45. The molecular weight excluding hydrogens is 264 g/mol. The molecule has 0 aliphatic rings. The van der Waals surface area contributed by atoms with Gasteiger partial charge in [-0.05, 0) is 36.8 Å². The minimum absolute atomic E-state index is 0.0461. The van der Waals surface area contributed by atoms with Crippen LogP contribution in [0.4, 0.5) is 0 Å². The zero-order valence-corrected chi connectivity index (χ0v) is 11.4. The van der Waals surface area contributed by atoms with Gasteiger partial charge in [-0.2, -0.15) is 0 Å². The summed E-state index contributed by atoms with van der Waals surface area (Å²) in [5.41, 5.74) is 0.746. The molecular formula is C15H15ClO3. The molecule has 4 heteroatoms. The van der Waals surface area contributed by atoms with E-state index in [1.807, 2.05) is 31.2 Å². The average Bonchev–Trinajstić information content (AvgIpc) is 2.43. The molecule has 0 spiro atoms. The quantitative estimate of drug-likeness (QED) is 0.898. The Balaban J connectivity index is 2.26. The normalized spacial score (nSPS) is 10.3. The number of rotatable bonds is 5. The van der Waals surface area contributed by atoms with Crippen molar-refractivity contribution >= 4 is 11.6 Å². The summed E-state index contributed by atoms with van der Waals surface area (Å²) in [5, 5.41) is 9.49. The summed E-state index contributed by atoms with van der Waals surface area (Å²) in [6.07, 6.45) is 0. The molecule has 0 aliphatic heterocycles. The number of hydrogen-bond acceptors (Lipinski definition) is 3. The summed E-state index contributed by atoms with van der Waals surface area (Å²) in [4.78, 5) is 0. The summed E-state index contributed by atoms with van der Waals surface area (Å²) >= 11 is 6.11. The van der Waals surface area contributed by atoms with Crippen molar-refractivity contribution in [1.29, 1.82) is 0 Å². The molecule has 0 saturated heterocycles. The van der Waals surface area contributed by atoms with E-state index in [0.717, 1.165) is 5.56 Å². The molecule has 0 radical (unpaired) electrons. The highest BCUT2D eigenvalue weighted by Gasteiger charge is 2.08. The van der Waals surface area contributed by atoms with E-state index in [-0.39, 0.29) is 6.61 Å². The van der Waals surface area contributed by atoms with Gasteiger partial charge in [0.05, 0.1) is 18.2 Å². The predicted octanol–water partition coefficient (Wildman–Crippen LogP) is 4.02. The molecule has 100 valence electrons. The van der Waals surface area contributed by atoms with Gasteiger partial charge in [-0.3, -0.25) is 0 Å². The Morgan fingerprint density at radius 2 is 1.79 bits per heavy atom. The zero-order chi connectivity index (χ0) is 13.7. The van der Waals surface area contributed by atoms with Crippen LogP contribution in [0.5, 0.6) is 17.2 Å². The van der Waals surface area contributed by atoms with E-state index < -0.39 is 0 Å². The third-order valence-corrected chi connectivity index (χ3v) is 2.84. The Morgan fingerprint density at radius 3 is 2.42 bits per heavy atom. The fraction of sp³-hybridized carbons (Fsp3) is 0.200. The number of halogens is 1. The Kier molecular flexibility index (Phi) is 4.66. The maximum atomic E-state index is 9.04. The van der Waals surface area contributed by atoms with Gasteiger partial charge in [-0.15, -0.1) is 0 Å². The Labute approximate surface area is 117 Å². The first kappa shape index (κ1) is 13.7. The van der Waals surface area contributed by atoms with Crippen molar-refractivity contribution in [3.8, 4) is 17.2 Å². The number of aliphatic hydroxyl groups excluding tert-OH is 1. The standard InChI is InChI=1S/C15H15ClO3/c1-2-18-14-5-3-4-6-15(14)19-13-8-7-11(10-17)9-12(13)16/h3-9,17H,2,10H2,1H3. The predicted molar refractivity (Wildman–Crippen MR) is 75.1 cm³/mol. The van der Waals surface area contributed by atoms with E-state index in [1.165, 1.54) is 0 Å². The molecule has 1 N–H and O–H groups in total. The highest BCUT2D eigenvalue weighted by Crippen LogP contribution is 2.35. The largest absolute Gasteiger partial charge is 0.490 e. The van der Waals surface area contributed by atoms with Gasteiger partial charge in [-0.1, -0.05) is 29.8 Å². The van der Waals surface area contributed by atoms with Gasteiger partial charge < -0.3 is 14.6 Å². The molecule has 19 heavy (non-hydrogen) atoms. The van der Waals surface area contributed by atoms with E-state index >= 15 is 0 Å². The lowest BCUT2D eigenvalue weighted by Gasteiger charge is -2.12. The van der Waals surface area contributed by atoms with E-state index in [1.54, 1.807) is 18.2 Å². The summed E-state index contributed by atoms with van der Waals surface area (Å²) in [6.45, 7) is 2.44. The molecule has 0 unspecified atom stereocenters. The van der Waals surface area contributed by atoms with Gasteiger partial charge in [-0.25, -0.2) is 0 Å². The van der Waals surface area contributed by atoms with Gasteiger partial charge in [0.15, 0.2) is 11.5 Å². The molecule has 0 atom stereocenters. The van der Waals surface area contributed by atoms with Crippen LogP contribution in [0.25, 0.3) is 0 Å². The maximum Gasteiger partial charge on any atom is 0.169 e. The van der Waals surface area contributed by atoms with Crippen molar-refractivity contribution < 1.29 is 14.6 Å². The number of aliphatic hydroxyl groups is 1. The molecule has 2 rings (SSSR count). The van der Waals surface area contributed by atoms with Crippen LogP contribution in [-0.4, -0.2) is 11.7 Å². The number of para-hydroxylation sites is 2. The SMILES string of the molecule is CCOc1ccccc1Oc1ccc(CO)cc1Cl. The minimum Gasteiger partial charge on any atom is -0.490 e. The fourth-order valence-electron chi connectivity index (χ4n) is 1.65. The lowest BCUT2D eigenvalue weighted by atomic mass is 10.2. The lowest BCUT2D eigenvalue weighted by Crippen LogP contribution is -1.95. The van der Waals surface area contributed by atoms with Crippen LogP contribution in [0.15, 0.2) is 42.5 Å². The van der Waals surface area contributed by atoms with Crippen molar-refractivity contribution in [2.75, 3.05) is 6.61 Å². The molecule has 2 aromatic carbocycles. The van der Waals surface area contributed by atoms with Crippen molar-refractivity contribution in [3.63, 3.8) is 0 Å². The Morgan fingerprint density at radius 1 is 1.05 bits per heavy atom. The van der Waals surface area contributed by atoms with Crippen LogP contribution >= 0.6 is 11.6 Å². The van der Waals surface area contributed by atoms with Crippen molar-refractivity contribution in [3.05, 3.63) is 53.1 Å². The van der Waals surface area contributed by atoms with Gasteiger partial charge in [0, 0.05) is 0 Å². The topological polar surface area (TPSA) is 38.7 Å². The van der Waals surface area contributed by atoms with Crippen LogP contribution in [0.3, 0.4) is 0 Å². The summed E-state index contributed by atoms with van der Waals surface area (Å²) < 4.78 is 11.2. The summed E-state index contributed by atoms with van der Waals surface area (Å²) in [5.74, 6) is 1.82. The van der Waals surface area contributed by atoms with Gasteiger partial charge in [0.1, 0.15) is 5.75 Å². The highest BCUT2D eigenvalue weighted by atomic mass is 35.5. The molecule has 0 fully saturated rings. The van der Waals surface area contributed by atoms with Crippen LogP contribution in [0, 0.1) is 0 Å². The molecule has 3 nitrogen and oxygen atoms in total. The van der Waals surface area contributed by atoms with E-state index in [2.05, 4.69) is 0 Å². The zero-order valence-electron chi connectivity index (χ0n) is 10.6. The molecule has 0 heterocycles. The average molecular weight is 279 g/mol. The summed E-state index contributed by atoms with van der Waals surface area (Å²) in [6, 6.07) is 12.6. The lowest BCUT2D eigenvalue weighted by molar-refractivity contribution is 0.281.